The molecule has 1 aromatic carbocycles. The lowest BCUT2D eigenvalue weighted by molar-refractivity contribution is 0.360. The predicted octanol–water partition coefficient (Wildman–Crippen LogP) is 4.41. The number of hydrogen-bond donors (Lipinski definition) is 1. The Morgan fingerprint density at radius 3 is 2.05 bits per heavy atom. The molecule has 1 rings (SSSR count). The van der Waals surface area contributed by atoms with Crippen molar-refractivity contribution in [3.8, 4) is 0 Å². The van der Waals surface area contributed by atoms with Crippen molar-refractivity contribution in [2.24, 2.45) is 5.41 Å². The van der Waals surface area contributed by atoms with E-state index in [0.29, 0.717) is 5.41 Å². The second kappa shape index (κ2) is 9.34. The molecule has 0 saturated carbocycles. The molecule has 20 heavy (non-hydrogen) atoms. The summed E-state index contributed by atoms with van der Waals surface area (Å²) in [6.45, 7) is 6.94. The number of aryl methyl sites for hydroxylation is 1. The van der Waals surface area contributed by atoms with Gasteiger partial charge in [0.2, 0.25) is 0 Å². The van der Waals surface area contributed by atoms with Crippen LogP contribution in [0.5, 0.6) is 0 Å². The second-order valence-electron chi connectivity index (χ2n) is 5.74. The van der Waals surface area contributed by atoms with Gasteiger partial charge in [0.15, 0.2) is 0 Å². The van der Waals surface area contributed by atoms with Crippen LogP contribution in [0.2, 0.25) is 0 Å². The van der Waals surface area contributed by atoms with Gasteiger partial charge in [-0.2, -0.15) is 8.42 Å². The van der Waals surface area contributed by atoms with Crippen LogP contribution in [0.15, 0.2) is 30.3 Å². The van der Waals surface area contributed by atoms with Crippen LogP contribution in [0.25, 0.3) is 0 Å². The lowest BCUT2D eigenvalue weighted by Crippen LogP contribution is -2.04. The van der Waals surface area contributed by atoms with Gasteiger partial charge >= 0.3 is 10.4 Å². The van der Waals surface area contributed by atoms with E-state index in [-0.39, 0.29) is 0 Å². The summed E-state index contributed by atoms with van der Waals surface area (Å²) in [5.74, 6) is 0. The number of hydrogen-bond acceptors (Lipinski definition) is 3. The molecule has 0 heterocycles. The highest BCUT2D eigenvalue weighted by Crippen LogP contribution is 2.22. The van der Waals surface area contributed by atoms with Crippen molar-refractivity contribution in [1.29, 1.82) is 0 Å². The van der Waals surface area contributed by atoms with Gasteiger partial charge in [-0.3, -0.25) is 4.55 Å². The van der Waals surface area contributed by atoms with Gasteiger partial charge in [0.05, 0.1) is 11.9 Å². The van der Waals surface area contributed by atoms with E-state index in [1.165, 1.54) is 31.2 Å². The average molecular weight is 323 g/mol. The Kier molecular flexibility index (Phi) is 9.05. The molecule has 1 N–H and O–H groups in total. The van der Waals surface area contributed by atoms with Crippen molar-refractivity contribution >= 4 is 22.3 Å². The molecular formula is C14H23ClO4S. The normalized spacial score (nSPS) is 11.7. The molecule has 0 aromatic heterocycles. The highest BCUT2D eigenvalue weighted by atomic mass is 35.5. The fraction of sp³-hybridized carbons (Fsp3) is 0.571. The first-order chi connectivity index (χ1) is 9.14. The SMILES string of the molecule is CC(C)(C)CCCCc1ccccc1.O=S(=O)(O)OCl. The summed E-state index contributed by atoms with van der Waals surface area (Å²) in [4.78, 5) is 0. The molecule has 0 aliphatic carbocycles. The van der Waals surface area contributed by atoms with Crippen LogP contribution >= 0.6 is 11.9 Å². The third kappa shape index (κ3) is 13.8. The van der Waals surface area contributed by atoms with Crippen LogP contribution in [-0.2, 0) is 20.6 Å². The molecule has 0 aliphatic rings. The molecule has 4 nitrogen and oxygen atoms in total. The molecule has 0 bridgehead atoms. The summed E-state index contributed by atoms with van der Waals surface area (Å²) in [6, 6.07) is 10.8. The van der Waals surface area contributed by atoms with Gasteiger partial charge in [-0.15, -0.1) is 3.74 Å². The second-order valence-corrected chi connectivity index (χ2v) is 7.10. The molecule has 0 aliphatic heterocycles. The van der Waals surface area contributed by atoms with Gasteiger partial charge in [-0.1, -0.05) is 57.5 Å². The highest BCUT2D eigenvalue weighted by Gasteiger charge is 2.08. The zero-order valence-corrected chi connectivity index (χ0v) is 13.7. The Morgan fingerprint density at radius 1 is 1.15 bits per heavy atom. The zero-order chi connectivity index (χ0) is 15.6. The lowest BCUT2D eigenvalue weighted by atomic mass is 9.89. The van der Waals surface area contributed by atoms with E-state index in [1.807, 2.05) is 0 Å². The minimum atomic E-state index is -4.40. The van der Waals surface area contributed by atoms with Crippen LogP contribution in [0.4, 0.5) is 0 Å². The Hall–Kier alpha value is -0.620. The lowest BCUT2D eigenvalue weighted by Gasteiger charge is -2.17. The summed E-state index contributed by atoms with van der Waals surface area (Å²) < 4.78 is 28.8. The third-order valence-electron chi connectivity index (χ3n) is 2.56. The number of rotatable bonds is 5. The first-order valence-corrected chi connectivity index (χ1v) is 8.13. The molecule has 0 amide bonds. The van der Waals surface area contributed by atoms with Gasteiger partial charge in [0.1, 0.15) is 0 Å². The Labute approximate surface area is 127 Å². The third-order valence-corrected chi connectivity index (χ3v) is 3.20. The van der Waals surface area contributed by atoms with Crippen molar-refractivity contribution in [2.45, 2.75) is 46.5 Å². The Balaban J connectivity index is 0.000000511. The molecular weight excluding hydrogens is 300 g/mol. The van der Waals surface area contributed by atoms with E-state index in [2.05, 4.69) is 66.7 Å². The van der Waals surface area contributed by atoms with E-state index in [1.54, 1.807) is 0 Å². The van der Waals surface area contributed by atoms with E-state index < -0.39 is 10.4 Å². The number of halogens is 1. The largest absolute Gasteiger partial charge is 0.413 e. The smallest absolute Gasteiger partial charge is 0.263 e. The zero-order valence-electron chi connectivity index (χ0n) is 12.2. The topological polar surface area (TPSA) is 63.6 Å². The maximum absolute atomic E-state index is 9.20. The fourth-order valence-electron chi connectivity index (χ4n) is 1.63. The molecule has 0 atom stereocenters. The van der Waals surface area contributed by atoms with Gasteiger partial charge in [0.25, 0.3) is 0 Å². The maximum Gasteiger partial charge on any atom is 0.413 e. The van der Waals surface area contributed by atoms with Gasteiger partial charge in [-0.05, 0) is 30.2 Å². The van der Waals surface area contributed by atoms with Crippen molar-refractivity contribution in [3.05, 3.63) is 35.9 Å². The monoisotopic (exact) mass is 322 g/mol. The summed E-state index contributed by atoms with van der Waals surface area (Å²) >= 11 is 4.14. The van der Waals surface area contributed by atoms with E-state index in [0.717, 1.165) is 0 Å². The van der Waals surface area contributed by atoms with Gasteiger partial charge < -0.3 is 0 Å². The Bertz CT molecular complexity index is 452. The van der Waals surface area contributed by atoms with Crippen LogP contribution < -0.4 is 0 Å². The van der Waals surface area contributed by atoms with Gasteiger partial charge in [-0.25, -0.2) is 0 Å². The number of benzene rings is 1. The molecule has 116 valence electrons. The quantitative estimate of drug-likeness (QED) is 0.644. The summed E-state index contributed by atoms with van der Waals surface area (Å²) in [7, 11) is -4.40. The Morgan fingerprint density at radius 2 is 1.65 bits per heavy atom. The van der Waals surface area contributed by atoms with Crippen LogP contribution in [0.3, 0.4) is 0 Å². The fourth-order valence-corrected chi connectivity index (χ4v) is 1.63. The van der Waals surface area contributed by atoms with Crippen molar-refractivity contribution in [3.63, 3.8) is 0 Å². The van der Waals surface area contributed by atoms with Crippen molar-refractivity contribution in [2.75, 3.05) is 0 Å². The molecule has 1 aromatic rings. The van der Waals surface area contributed by atoms with Crippen LogP contribution in [0, 0.1) is 5.41 Å². The molecule has 0 saturated heterocycles. The van der Waals surface area contributed by atoms with E-state index >= 15 is 0 Å². The summed E-state index contributed by atoms with van der Waals surface area (Å²) in [5, 5.41) is 0. The number of unbranched alkanes of at least 4 members (excludes halogenated alkanes) is 1. The van der Waals surface area contributed by atoms with E-state index in [4.69, 9.17) is 4.55 Å². The molecule has 0 radical (unpaired) electrons. The van der Waals surface area contributed by atoms with Crippen molar-refractivity contribution < 1.29 is 16.7 Å². The van der Waals surface area contributed by atoms with Crippen molar-refractivity contribution in [1.82, 2.24) is 0 Å². The minimum Gasteiger partial charge on any atom is -0.263 e. The summed E-state index contributed by atoms with van der Waals surface area (Å²) in [5.41, 5.74) is 1.97. The minimum absolute atomic E-state index is 0.497. The predicted molar refractivity (Wildman–Crippen MR) is 81.9 cm³/mol. The summed E-state index contributed by atoms with van der Waals surface area (Å²) in [6.07, 6.45) is 5.23. The van der Waals surface area contributed by atoms with Crippen LogP contribution in [0.1, 0.15) is 45.6 Å². The average Bonchev–Trinajstić information content (AvgIpc) is 2.35. The molecule has 0 fully saturated rings. The van der Waals surface area contributed by atoms with E-state index in [9.17, 15) is 8.42 Å². The van der Waals surface area contributed by atoms with Gasteiger partial charge in [0, 0.05) is 0 Å². The molecule has 0 unspecified atom stereocenters. The first kappa shape index (κ1) is 19.4. The first-order valence-electron chi connectivity index (χ1n) is 6.45. The standard InChI is InChI=1S/C14H22.ClHO4S/c1-14(2,3)12-8-7-11-13-9-5-4-6-10-13;1-5-6(2,3)4/h4-6,9-10H,7-8,11-12H2,1-3H3;(H,2,3,4). The van der Waals surface area contributed by atoms with Crippen LogP contribution in [-0.4, -0.2) is 13.0 Å². The molecule has 6 heteroatoms. The highest BCUT2D eigenvalue weighted by molar-refractivity contribution is 7.81. The molecule has 0 spiro atoms. The maximum atomic E-state index is 9.20.